The van der Waals surface area contributed by atoms with Crippen molar-refractivity contribution in [2.45, 2.75) is 26.2 Å². The van der Waals surface area contributed by atoms with E-state index >= 15 is 0 Å². The fourth-order valence-electron chi connectivity index (χ4n) is 3.76. The smallest absolute Gasteiger partial charge is 0.324 e. The van der Waals surface area contributed by atoms with Gasteiger partial charge in [-0.1, -0.05) is 36.5 Å². The van der Waals surface area contributed by atoms with Crippen molar-refractivity contribution in [3.8, 4) is 23.1 Å². The summed E-state index contributed by atoms with van der Waals surface area (Å²) in [5.41, 5.74) is 1.85. The monoisotopic (exact) mass is 613 g/mol. The van der Waals surface area contributed by atoms with Gasteiger partial charge in [0.05, 0.1) is 29.2 Å². The highest BCUT2D eigenvalue weighted by molar-refractivity contribution is 6.45. The van der Waals surface area contributed by atoms with Crippen LogP contribution in [-0.2, 0) is 16.0 Å². The number of hydrogen-bond acceptors (Lipinski definition) is 8. The molecule has 2 aromatic carbocycles. The molecular formula is C28H29Cl2N7O5. The summed E-state index contributed by atoms with van der Waals surface area (Å²) in [6.07, 6.45) is 4.16. The Hall–Kier alpha value is -4.39. The summed E-state index contributed by atoms with van der Waals surface area (Å²) in [4.78, 5) is 32.9. The van der Waals surface area contributed by atoms with Gasteiger partial charge in [0.15, 0.2) is 0 Å². The lowest BCUT2D eigenvalue weighted by Gasteiger charge is -2.14. The largest absolute Gasteiger partial charge is 0.497 e. The quantitative estimate of drug-likeness (QED) is 0.168. The summed E-state index contributed by atoms with van der Waals surface area (Å²) < 4.78 is 17.4. The Kier molecular flexibility index (Phi) is 10.5. The number of amides is 3. The third kappa shape index (κ3) is 7.87. The Balaban J connectivity index is 1.48. The van der Waals surface area contributed by atoms with Crippen LogP contribution in [0, 0.1) is 0 Å². The molecule has 0 aliphatic rings. The number of nitrogens with zero attached hydrogens (tertiary/aromatic N) is 4. The minimum Gasteiger partial charge on any atom is -0.497 e. The molecule has 0 unspecified atom stereocenters. The number of ether oxygens (including phenoxy) is 3. The number of carbonyl (C=O) groups excluding carboxylic acids is 2. The molecule has 3 N–H and O–H groups in total. The first-order valence-corrected chi connectivity index (χ1v) is 13.7. The van der Waals surface area contributed by atoms with Crippen LogP contribution in [0.4, 0.5) is 22.2 Å². The lowest BCUT2D eigenvalue weighted by atomic mass is 10.2. The van der Waals surface area contributed by atoms with Gasteiger partial charge in [-0.05, 0) is 49.2 Å². The van der Waals surface area contributed by atoms with Gasteiger partial charge in [-0.25, -0.2) is 14.5 Å². The second-order valence-corrected chi connectivity index (χ2v) is 9.61. The second-order valence-electron chi connectivity index (χ2n) is 8.85. The number of aryl methyl sites for hydroxylation is 1. The lowest BCUT2D eigenvalue weighted by Crippen LogP contribution is -2.21. The van der Waals surface area contributed by atoms with Gasteiger partial charge in [0.2, 0.25) is 11.8 Å². The van der Waals surface area contributed by atoms with Crippen molar-refractivity contribution >= 4 is 52.6 Å². The number of carbonyl (C=O) groups is 2. The van der Waals surface area contributed by atoms with E-state index in [1.807, 2.05) is 30.3 Å². The Morgan fingerprint density at radius 1 is 0.976 bits per heavy atom. The van der Waals surface area contributed by atoms with Gasteiger partial charge in [0.1, 0.15) is 28.9 Å². The number of unbranched alkanes of at least 4 members (excludes halogenated alkanes) is 1. The summed E-state index contributed by atoms with van der Waals surface area (Å²) in [6.45, 7) is 1.95. The molecule has 0 aliphatic heterocycles. The van der Waals surface area contributed by atoms with Gasteiger partial charge < -0.3 is 19.5 Å². The van der Waals surface area contributed by atoms with Crippen molar-refractivity contribution in [3.63, 3.8) is 0 Å². The molecule has 14 heteroatoms. The van der Waals surface area contributed by atoms with Gasteiger partial charge in [-0.3, -0.25) is 15.4 Å². The number of benzene rings is 2. The van der Waals surface area contributed by atoms with Crippen molar-refractivity contribution < 1.29 is 23.8 Å². The minimum atomic E-state index is -0.550. The van der Waals surface area contributed by atoms with Gasteiger partial charge in [0.25, 0.3) is 5.91 Å². The summed E-state index contributed by atoms with van der Waals surface area (Å²) in [6, 6.07) is 13.2. The number of nitrogens with one attached hydrogen (secondary N) is 3. The topological polar surface area (TPSA) is 142 Å². The van der Waals surface area contributed by atoms with Gasteiger partial charge in [0, 0.05) is 25.4 Å². The van der Waals surface area contributed by atoms with Crippen LogP contribution in [0.2, 0.25) is 10.0 Å². The molecule has 0 saturated carbocycles. The van der Waals surface area contributed by atoms with E-state index in [0.717, 1.165) is 30.6 Å². The molecule has 4 rings (SSSR count). The average Bonchev–Trinajstić information content (AvgIpc) is 3.38. The van der Waals surface area contributed by atoms with Crippen LogP contribution in [0.3, 0.4) is 0 Å². The number of aromatic nitrogens is 4. The van der Waals surface area contributed by atoms with Crippen LogP contribution >= 0.6 is 23.2 Å². The van der Waals surface area contributed by atoms with Crippen molar-refractivity contribution in [1.82, 2.24) is 19.7 Å². The van der Waals surface area contributed by atoms with Gasteiger partial charge in [-0.15, -0.1) is 0 Å². The normalized spacial score (nSPS) is 10.7. The minimum absolute atomic E-state index is 0.0264. The van der Waals surface area contributed by atoms with Crippen LogP contribution in [0.25, 0.3) is 5.69 Å². The van der Waals surface area contributed by atoms with Gasteiger partial charge >= 0.3 is 6.03 Å². The molecule has 220 valence electrons. The van der Waals surface area contributed by atoms with E-state index < -0.39 is 11.9 Å². The number of anilines is 3. The first kappa shape index (κ1) is 30.6. The standard InChI is InChI=1S/C28H29Cl2N7O5/c1-4-5-6-17-15-22(37(36-17)18-7-9-19(41-3)10-8-18)33-28(39)32-20-11-12-21(26(30)25(20)29)42-24-13-14-31-27(35-24)34-23(38)16-40-2/h7-15H,4-6,16H2,1-3H3,(H2,32,33,39)(H,31,34,35,38). The second kappa shape index (κ2) is 14.5. The molecule has 2 heterocycles. The summed E-state index contributed by atoms with van der Waals surface area (Å²) in [7, 11) is 2.99. The van der Waals surface area contributed by atoms with Crippen molar-refractivity contribution in [2.75, 3.05) is 36.8 Å². The number of urea groups is 1. The van der Waals surface area contributed by atoms with E-state index in [4.69, 9.17) is 37.4 Å². The fraction of sp³-hybridized carbons (Fsp3) is 0.250. The maximum Gasteiger partial charge on any atom is 0.324 e. The predicted molar refractivity (Wildman–Crippen MR) is 160 cm³/mol. The Bertz CT molecular complexity index is 1550. The highest BCUT2D eigenvalue weighted by Crippen LogP contribution is 2.39. The molecule has 0 atom stereocenters. The highest BCUT2D eigenvalue weighted by Gasteiger charge is 2.17. The molecule has 0 aliphatic carbocycles. The van der Waals surface area contributed by atoms with E-state index in [1.54, 1.807) is 17.9 Å². The van der Waals surface area contributed by atoms with E-state index in [-0.39, 0.29) is 39.9 Å². The zero-order valence-electron chi connectivity index (χ0n) is 23.1. The number of methoxy groups -OCH3 is 2. The molecule has 4 aromatic rings. The molecule has 2 aromatic heterocycles. The van der Waals surface area contributed by atoms with Crippen LogP contribution in [0.15, 0.2) is 54.7 Å². The third-order valence-electron chi connectivity index (χ3n) is 5.77. The maximum absolute atomic E-state index is 13.0. The Labute approximate surface area is 252 Å². The highest BCUT2D eigenvalue weighted by atomic mass is 35.5. The predicted octanol–water partition coefficient (Wildman–Crippen LogP) is 6.34. The Morgan fingerprint density at radius 3 is 2.48 bits per heavy atom. The average molecular weight is 614 g/mol. The molecule has 0 bridgehead atoms. The molecule has 3 amide bonds. The van der Waals surface area contributed by atoms with Crippen LogP contribution in [-0.4, -0.2) is 52.5 Å². The van der Waals surface area contributed by atoms with E-state index in [1.165, 1.54) is 25.4 Å². The fourth-order valence-corrected chi connectivity index (χ4v) is 4.17. The molecule has 0 saturated heterocycles. The first-order valence-electron chi connectivity index (χ1n) is 12.9. The molecular weight excluding hydrogens is 585 g/mol. The SMILES string of the molecule is CCCCc1cc(NC(=O)Nc2ccc(Oc3ccnc(NC(=O)COC)n3)c(Cl)c2Cl)n(-c2ccc(OC)cc2)n1. The van der Waals surface area contributed by atoms with E-state index in [9.17, 15) is 9.59 Å². The first-order chi connectivity index (χ1) is 20.3. The van der Waals surface area contributed by atoms with Crippen molar-refractivity contribution in [2.24, 2.45) is 0 Å². The van der Waals surface area contributed by atoms with Crippen LogP contribution in [0.5, 0.6) is 17.4 Å². The van der Waals surface area contributed by atoms with Crippen LogP contribution in [0.1, 0.15) is 25.5 Å². The van der Waals surface area contributed by atoms with E-state index in [2.05, 4.69) is 37.9 Å². The zero-order valence-corrected chi connectivity index (χ0v) is 24.6. The van der Waals surface area contributed by atoms with Gasteiger partial charge in [-0.2, -0.15) is 10.1 Å². The number of hydrogen-bond donors (Lipinski definition) is 3. The number of rotatable bonds is 12. The summed E-state index contributed by atoms with van der Waals surface area (Å²) in [5.74, 6) is 1.07. The number of halogens is 2. The maximum atomic E-state index is 13.0. The van der Waals surface area contributed by atoms with Crippen LogP contribution < -0.4 is 25.4 Å². The molecule has 12 nitrogen and oxygen atoms in total. The summed E-state index contributed by atoms with van der Waals surface area (Å²) >= 11 is 12.9. The molecule has 0 radical (unpaired) electrons. The molecule has 0 fully saturated rings. The third-order valence-corrected chi connectivity index (χ3v) is 6.64. The zero-order chi connectivity index (χ0) is 30.1. The Morgan fingerprint density at radius 2 is 1.76 bits per heavy atom. The van der Waals surface area contributed by atoms with E-state index in [0.29, 0.717) is 11.6 Å². The van der Waals surface area contributed by atoms with Crippen molar-refractivity contribution in [1.29, 1.82) is 0 Å². The molecule has 42 heavy (non-hydrogen) atoms. The lowest BCUT2D eigenvalue weighted by molar-refractivity contribution is -0.119. The molecule has 0 spiro atoms. The summed E-state index contributed by atoms with van der Waals surface area (Å²) in [5, 5.41) is 12.8. The van der Waals surface area contributed by atoms with Crippen molar-refractivity contribution in [3.05, 3.63) is 70.5 Å².